The maximum absolute atomic E-state index is 12.0. The first kappa shape index (κ1) is 14.3. The van der Waals surface area contributed by atoms with Gasteiger partial charge in [0.2, 0.25) is 0 Å². The van der Waals surface area contributed by atoms with E-state index in [-0.39, 0.29) is 35.3 Å². The Hall–Kier alpha value is -2.11. The van der Waals surface area contributed by atoms with Crippen molar-refractivity contribution in [2.24, 2.45) is 5.92 Å². The summed E-state index contributed by atoms with van der Waals surface area (Å²) >= 11 is 0. The van der Waals surface area contributed by atoms with E-state index in [9.17, 15) is 14.7 Å². The number of methoxy groups -OCH3 is 1. The summed E-state index contributed by atoms with van der Waals surface area (Å²) in [5, 5.41) is 12.4. The molecule has 2 N–H and O–H groups in total. The van der Waals surface area contributed by atoms with Crippen LogP contribution in [0.4, 0.5) is 0 Å². The number of nitrogens with zero attached hydrogens (tertiary/aromatic N) is 1. The average molecular weight is 278 g/mol. The number of carbonyl (C=O) groups excluding carboxylic acids is 2. The minimum Gasteiger partial charge on any atom is -0.505 e. The quantitative estimate of drug-likeness (QED) is 0.812. The SMILES string of the molecule is COC(=O)C1CCC(NC(=O)c2ncccc2O)CC1. The van der Waals surface area contributed by atoms with Gasteiger partial charge in [-0.25, -0.2) is 4.98 Å². The molecule has 0 radical (unpaired) electrons. The average Bonchev–Trinajstić information content (AvgIpc) is 2.47. The lowest BCUT2D eigenvalue weighted by atomic mass is 9.86. The highest BCUT2D eigenvalue weighted by molar-refractivity contribution is 5.94. The maximum atomic E-state index is 12.0. The van der Waals surface area contributed by atoms with Crippen LogP contribution >= 0.6 is 0 Å². The number of hydrogen-bond acceptors (Lipinski definition) is 5. The Morgan fingerprint density at radius 3 is 2.65 bits per heavy atom. The summed E-state index contributed by atoms with van der Waals surface area (Å²) in [6.45, 7) is 0. The molecule has 1 aliphatic carbocycles. The zero-order valence-electron chi connectivity index (χ0n) is 11.3. The molecule has 0 aliphatic heterocycles. The van der Waals surface area contributed by atoms with Gasteiger partial charge in [0.1, 0.15) is 5.75 Å². The second-order valence-electron chi connectivity index (χ2n) is 4.92. The van der Waals surface area contributed by atoms with Crippen LogP contribution < -0.4 is 5.32 Å². The van der Waals surface area contributed by atoms with Gasteiger partial charge in [0.15, 0.2) is 5.69 Å². The topological polar surface area (TPSA) is 88.5 Å². The van der Waals surface area contributed by atoms with E-state index in [1.165, 1.54) is 19.4 Å². The fourth-order valence-corrected chi connectivity index (χ4v) is 2.47. The maximum Gasteiger partial charge on any atom is 0.308 e. The number of pyridine rings is 1. The molecule has 6 nitrogen and oxygen atoms in total. The van der Waals surface area contributed by atoms with E-state index in [2.05, 4.69) is 10.3 Å². The van der Waals surface area contributed by atoms with Crippen molar-refractivity contribution < 1.29 is 19.4 Å². The Kier molecular flexibility index (Phi) is 4.55. The molecule has 1 heterocycles. The molecule has 0 spiro atoms. The standard InChI is InChI=1S/C14H18N2O4/c1-20-14(19)9-4-6-10(7-5-9)16-13(18)12-11(17)3-2-8-15-12/h2-3,8-10,17H,4-7H2,1H3,(H,16,18). The number of amides is 1. The number of nitrogens with one attached hydrogen (secondary N) is 1. The summed E-state index contributed by atoms with van der Waals surface area (Å²) in [7, 11) is 1.39. The number of carbonyl (C=O) groups is 2. The summed E-state index contributed by atoms with van der Waals surface area (Å²) < 4.78 is 4.72. The Balaban J connectivity index is 1.88. The van der Waals surface area contributed by atoms with E-state index in [1.807, 2.05) is 0 Å². The largest absolute Gasteiger partial charge is 0.505 e. The molecule has 1 aliphatic rings. The molecule has 1 saturated carbocycles. The van der Waals surface area contributed by atoms with E-state index in [4.69, 9.17) is 4.74 Å². The normalized spacial score (nSPS) is 22.1. The van der Waals surface area contributed by atoms with Crippen LogP contribution in [0.15, 0.2) is 18.3 Å². The molecular formula is C14H18N2O4. The van der Waals surface area contributed by atoms with Gasteiger partial charge >= 0.3 is 5.97 Å². The van der Waals surface area contributed by atoms with Crippen molar-refractivity contribution in [1.29, 1.82) is 0 Å². The summed E-state index contributed by atoms with van der Waals surface area (Å²) in [6.07, 6.45) is 4.30. The van der Waals surface area contributed by atoms with Crippen molar-refractivity contribution in [1.82, 2.24) is 10.3 Å². The van der Waals surface area contributed by atoms with Crippen LogP contribution in [0.5, 0.6) is 5.75 Å². The smallest absolute Gasteiger partial charge is 0.308 e. The van der Waals surface area contributed by atoms with Crippen molar-refractivity contribution in [2.45, 2.75) is 31.7 Å². The van der Waals surface area contributed by atoms with E-state index in [1.54, 1.807) is 6.07 Å². The summed E-state index contributed by atoms with van der Waals surface area (Å²) in [5.74, 6) is -0.772. The van der Waals surface area contributed by atoms with Crippen molar-refractivity contribution in [3.63, 3.8) is 0 Å². The first-order chi connectivity index (χ1) is 9.61. The Labute approximate surface area is 117 Å². The highest BCUT2D eigenvalue weighted by Crippen LogP contribution is 2.25. The third-order valence-electron chi connectivity index (χ3n) is 3.60. The van der Waals surface area contributed by atoms with Gasteiger partial charge in [-0.15, -0.1) is 0 Å². The molecule has 0 bridgehead atoms. The van der Waals surface area contributed by atoms with Gasteiger partial charge in [0.25, 0.3) is 5.91 Å². The minimum atomic E-state index is -0.385. The lowest BCUT2D eigenvalue weighted by molar-refractivity contribution is -0.146. The molecule has 1 fully saturated rings. The number of hydrogen-bond donors (Lipinski definition) is 2. The summed E-state index contributed by atoms with van der Waals surface area (Å²) in [4.78, 5) is 27.3. The second-order valence-corrected chi connectivity index (χ2v) is 4.92. The Morgan fingerprint density at radius 2 is 2.05 bits per heavy atom. The van der Waals surface area contributed by atoms with Gasteiger partial charge in [-0.1, -0.05) is 0 Å². The lowest BCUT2D eigenvalue weighted by Crippen LogP contribution is -2.39. The molecule has 0 aromatic carbocycles. The fourth-order valence-electron chi connectivity index (χ4n) is 2.47. The van der Waals surface area contributed by atoms with Crippen LogP contribution in [-0.4, -0.2) is 35.1 Å². The molecule has 1 aromatic heterocycles. The number of esters is 1. The van der Waals surface area contributed by atoms with E-state index in [0.717, 1.165) is 12.8 Å². The van der Waals surface area contributed by atoms with Crippen molar-refractivity contribution in [3.05, 3.63) is 24.0 Å². The summed E-state index contributed by atoms with van der Waals surface area (Å²) in [5.41, 5.74) is 0.0302. The molecule has 6 heteroatoms. The molecule has 20 heavy (non-hydrogen) atoms. The van der Waals surface area contributed by atoms with E-state index >= 15 is 0 Å². The van der Waals surface area contributed by atoms with Gasteiger partial charge < -0.3 is 15.2 Å². The molecule has 1 aromatic rings. The van der Waals surface area contributed by atoms with Crippen LogP contribution in [0.1, 0.15) is 36.2 Å². The Bertz CT molecular complexity index is 496. The molecule has 2 rings (SSSR count). The predicted molar refractivity (Wildman–Crippen MR) is 71.1 cm³/mol. The molecule has 1 amide bonds. The monoisotopic (exact) mass is 278 g/mol. The highest BCUT2D eigenvalue weighted by atomic mass is 16.5. The first-order valence-corrected chi connectivity index (χ1v) is 6.64. The lowest BCUT2D eigenvalue weighted by Gasteiger charge is -2.27. The van der Waals surface area contributed by atoms with Crippen molar-refractivity contribution in [3.8, 4) is 5.75 Å². The predicted octanol–water partition coefficient (Wildman–Crippen LogP) is 1.25. The molecule has 0 saturated heterocycles. The van der Waals surface area contributed by atoms with Crippen LogP contribution in [0.25, 0.3) is 0 Å². The van der Waals surface area contributed by atoms with Crippen LogP contribution in [-0.2, 0) is 9.53 Å². The van der Waals surface area contributed by atoms with Gasteiger partial charge in [-0.2, -0.15) is 0 Å². The van der Waals surface area contributed by atoms with Gasteiger partial charge in [-0.05, 0) is 37.8 Å². The third-order valence-corrected chi connectivity index (χ3v) is 3.60. The van der Waals surface area contributed by atoms with Crippen molar-refractivity contribution >= 4 is 11.9 Å². The minimum absolute atomic E-state index is 0.00446. The van der Waals surface area contributed by atoms with E-state index < -0.39 is 0 Å². The second kappa shape index (κ2) is 6.36. The molecule has 0 atom stereocenters. The summed E-state index contributed by atoms with van der Waals surface area (Å²) in [6, 6.07) is 2.99. The number of aromatic hydroxyl groups is 1. The zero-order valence-corrected chi connectivity index (χ0v) is 11.3. The van der Waals surface area contributed by atoms with Crippen LogP contribution in [0.2, 0.25) is 0 Å². The molecular weight excluding hydrogens is 260 g/mol. The van der Waals surface area contributed by atoms with E-state index in [0.29, 0.717) is 12.8 Å². The number of aromatic nitrogens is 1. The first-order valence-electron chi connectivity index (χ1n) is 6.64. The van der Waals surface area contributed by atoms with Crippen LogP contribution in [0, 0.1) is 5.92 Å². The number of rotatable bonds is 3. The van der Waals surface area contributed by atoms with Crippen LogP contribution in [0.3, 0.4) is 0 Å². The third kappa shape index (κ3) is 3.26. The highest BCUT2D eigenvalue weighted by Gasteiger charge is 2.28. The molecule has 0 unspecified atom stereocenters. The zero-order chi connectivity index (χ0) is 14.5. The Morgan fingerprint density at radius 1 is 1.35 bits per heavy atom. The van der Waals surface area contributed by atoms with Gasteiger partial charge in [-0.3, -0.25) is 9.59 Å². The fraction of sp³-hybridized carbons (Fsp3) is 0.500. The molecule has 108 valence electrons. The van der Waals surface area contributed by atoms with Gasteiger partial charge in [0.05, 0.1) is 13.0 Å². The van der Waals surface area contributed by atoms with Crippen molar-refractivity contribution in [2.75, 3.05) is 7.11 Å². The van der Waals surface area contributed by atoms with Gasteiger partial charge in [0, 0.05) is 12.2 Å². The number of ether oxygens (including phenoxy) is 1.